The molecule has 126 valence electrons. The lowest BCUT2D eigenvalue weighted by Gasteiger charge is -2.38. The van der Waals surface area contributed by atoms with Gasteiger partial charge in [0.2, 0.25) is 0 Å². The zero-order valence-electron chi connectivity index (χ0n) is 13.3. The molecule has 2 saturated heterocycles. The summed E-state index contributed by atoms with van der Waals surface area (Å²) in [6.07, 6.45) is 5.29. The normalized spacial score (nSPS) is 19.9. The van der Waals surface area contributed by atoms with Crippen LogP contribution >= 0.6 is 15.9 Å². The highest BCUT2D eigenvalue weighted by molar-refractivity contribution is 9.10. The van der Waals surface area contributed by atoms with Gasteiger partial charge in [0.15, 0.2) is 0 Å². The number of rotatable bonds is 2. The van der Waals surface area contributed by atoms with Gasteiger partial charge in [-0.05, 0) is 41.3 Å². The lowest BCUT2D eigenvalue weighted by Crippen LogP contribution is -2.54. The summed E-state index contributed by atoms with van der Waals surface area (Å²) in [5, 5.41) is 0. The quantitative estimate of drug-likeness (QED) is 0.783. The van der Waals surface area contributed by atoms with E-state index in [9.17, 15) is 9.59 Å². The van der Waals surface area contributed by atoms with Crippen LogP contribution in [-0.2, 0) is 6.67 Å². The third-order valence-corrected chi connectivity index (χ3v) is 5.04. The summed E-state index contributed by atoms with van der Waals surface area (Å²) < 4.78 is 2.60. The van der Waals surface area contributed by atoms with Gasteiger partial charge in [-0.25, -0.2) is 4.79 Å². The third kappa shape index (κ3) is 4.14. The first-order chi connectivity index (χ1) is 11.1. The van der Waals surface area contributed by atoms with Crippen LogP contribution in [0.15, 0.2) is 27.6 Å². The minimum Gasteiger partial charge on any atom is -0.325 e. The number of carbonyl (C=O) groups excluding carboxylic acids is 1. The molecule has 6 nitrogen and oxygen atoms in total. The molecule has 2 aliphatic rings. The van der Waals surface area contributed by atoms with Crippen LogP contribution in [0.1, 0.15) is 19.3 Å². The molecular formula is C16H23BrN4O2. The maximum Gasteiger partial charge on any atom is 0.320 e. The summed E-state index contributed by atoms with van der Waals surface area (Å²) in [5.41, 5.74) is 0.0000210. The van der Waals surface area contributed by atoms with Crippen LogP contribution in [0, 0.1) is 0 Å². The van der Waals surface area contributed by atoms with Gasteiger partial charge in [0.25, 0.3) is 5.56 Å². The Hall–Kier alpha value is -1.34. The van der Waals surface area contributed by atoms with Gasteiger partial charge in [-0.3, -0.25) is 9.69 Å². The molecule has 3 rings (SSSR count). The average molecular weight is 383 g/mol. The lowest BCUT2D eigenvalue weighted by molar-refractivity contribution is 0.0936. The molecule has 23 heavy (non-hydrogen) atoms. The van der Waals surface area contributed by atoms with Gasteiger partial charge in [0.05, 0.1) is 6.67 Å². The van der Waals surface area contributed by atoms with Crippen LogP contribution < -0.4 is 5.56 Å². The predicted molar refractivity (Wildman–Crippen MR) is 92.4 cm³/mol. The molecule has 0 saturated carbocycles. The van der Waals surface area contributed by atoms with Crippen LogP contribution in [0.5, 0.6) is 0 Å². The molecule has 7 heteroatoms. The minimum absolute atomic E-state index is 0.0000210. The number of piperazine rings is 1. The van der Waals surface area contributed by atoms with E-state index in [1.807, 2.05) is 16.0 Å². The first-order valence-corrected chi connectivity index (χ1v) is 9.05. The van der Waals surface area contributed by atoms with Crippen molar-refractivity contribution in [2.45, 2.75) is 25.9 Å². The summed E-state index contributed by atoms with van der Waals surface area (Å²) in [5.74, 6) is 0. The highest BCUT2D eigenvalue weighted by atomic mass is 79.9. The Morgan fingerprint density at radius 2 is 1.61 bits per heavy atom. The van der Waals surface area contributed by atoms with Crippen molar-refractivity contribution in [2.24, 2.45) is 0 Å². The molecule has 2 fully saturated rings. The van der Waals surface area contributed by atoms with Crippen molar-refractivity contribution in [1.82, 2.24) is 19.3 Å². The molecule has 0 unspecified atom stereocenters. The lowest BCUT2D eigenvalue weighted by atomic mass is 10.1. The number of halogens is 1. The molecule has 0 radical (unpaired) electrons. The summed E-state index contributed by atoms with van der Waals surface area (Å²) >= 11 is 3.40. The van der Waals surface area contributed by atoms with E-state index in [0.29, 0.717) is 6.67 Å². The summed E-state index contributed by atoms with van der Waals surface area (Å²) in [4.78, 5) is 30.5. The number of hydrogen-bond donors (Lipinski definition) is 0. The van der Waals surface area contributed by atoms with E-state index in [2.05, 4.69) is 20.8 Å². The Labute approximate surface area is 144 Å². The van der Waals surface area contributed by atoms with Gasteiger partial charge in [-0.2, -0.15) is 0 Å². The number of hydrogen-bond acceptors (Lipinski definition) is 3. The maximum atomic E-state index is 12.5. The van der Waals surface area contributed by atoms with Crippen LogP contribution in [0.4, 0.5) is 4.79 Å². The molecule has 3 heterocycles. The number of piperidine rings is 1. The molecule has 0 aliphatic carbocycles. The van der Waals surface area contributed by atoms with Gasteiger partial charge < -0.3 is 14.4 Å². The predicted octanol–water partition coefficient (Wildman–Crippen LogP) is 1.79. The Morgan fingerprint density at radius 3 is 2.30 bits per heavy atom. The van der Waals surface area contributed by atoms with Gasteiger partial charge in [0.1, 0.15) is 0 Å². The summed E-state index contributed by atoms with van der Waals surface area (Å²) in [6, 6.07) is 3.51. The molecule has 1 aromatic rings. The first kappa shape index (κ1) is 16.5. The van der Waals surface area contributed by atoms with Gasteiger partial charge in [-0.15, -0.1) is 0 Å². The van der Waals surface area contributed by atoms with Crippen LogP contribution in [-0.4, -0.2) is 64.6 Å². The molecule has 0 bridgehead atoms. The van der Waals surface area contributed by atoms with E-state index in [-0.39, 0.29) is 11.6 Å². The highest BCUT2D eigenvalue weighted by Gasteiger charge is 2.26. The zero-order valence-corrected chi connectivity index (χ0v) is 14.9. The second kappa shape index (κ2) is 7.49. The Kier molecular flexibility index (Phi) is 5.38. The fourth-order valence-corrected chi connectivity index (χ4v) is 3.57. The summed E-state index contributed by atoms with van der Waals surface area (Å²) in [7, 11) is 0. The molecule has 0 atom stereocenters. The average Bonchev–Trinajstić information content (AvgIpc) is 2.59. The second-order valence-corrected chi connectivity index (χ2v) is 7.15. The van der Waals surface area contributed by atoms with Crippen LogP contribution in [0.3, 0.4) is 0 Å². The van der Waals surface area contributed by atoms with Crippen molar-refractivity contribution < 1.29 is 4.79 Å². The SMILES string of the molecule is O=C(N1CCCCC1)N1CCN(Cn2cc(Br)ccc2=O)CC1. The number of urea groups is 1. The number of aromatic nitrogens is 1. The van der Waals surface area contributed by atoms with E-state index in [4.69, 9.17) is 0 Å². The molecule has 1 aromatic heterocycles. The van der Waals surface area contributed by atoms with Gasteiger partial charge >= 0.3 is 6.03 Å². The second-order valence-electron chi connectivity index (χ2n) is 6.23. The van der Waals surface area contributed by atoms with Crippen LogP contribution in [0.2, 0.25) is 0 Å². The minimum atomic E-state index is 0.0000210. The number of nitrogens with zero attached hydrogens (tertiary/aromatic N) is 4. The largest absolute Gasteiger partial charge is 0.325 e. The number of amides is 2. The van der Waals surface area contributed by atoms with Crippen LogP contribution in [0.25, 0.3) is 0 Å². The van der Waals surface area contributed by atoms with Crippen molar-refractivity contribution in [3.05, 3.63) is 33.2 Å². The fraction of sp³-hybridized carbons (Fsp3) is 0.625. The Bertz CT molecular complexity index is 604. The molecule has 2 amide bonds. The van der Waals surface area contributed by atoms with Crippen molar-refractivity contribution >= 4 is 22.0 Å². The van der Waals surface area contributed by atoms with E-state index >= 15 is 0 Å². The Balaban J connectivity index is 1.53. The molecular weight excluding hydrogens is 360 g/mol. The maximum absolute atomic E-state index is 12.5. The monoisotopic (exact) mass is 382 g/mol. The van der Waals surface area contributed by atoms with Crippen molar-refractivity contribution in [3.63, 3.8) is 0 Å². The van der Waals surface area contributed by atoms with Crippen molar-refractivity contribution in [2.75, 3.05) is 39.3 Å². The smallest absolute Gasteiger partial charge is 0.320 e. The third-order valence-electron chi connectivity index (χ3n) is 4.57. The fourth-order valence-electron chi connectivity index (χ4n) is 3.19. The van der Waals surface area contributed by atoms with E-state index < -0.39 is 0 Å². The van der Waals surface area contributed by atoms with E-state index in [0.717, 1.165) is 56.6 Å². The summed E-state index contributed by atoms with van der Waals surface area (Å²) in [6.45, 7) is 5.44. The van der Waals surface area contributed by atoms with E-state index in [1.54, 1.807) is 16.7 Å². The van der Waals surface area contributed by atoms with E-state index in [1.165, 1.54) is 6.42 Å². The van der Waals surface area contributed by atoms with Crippen molar-refractivity contribution in [3.8, 4) is 0 Å². The standard InChI is InChI=1S/C16H23BrN4O2/c17-14-4-5-15(22)21(12-14)13-18-8-10-20(11-9-18)16(23)19-6-2-1-3-7-19/h4-5,12H,1-3,6-11,13H2. The number of pyridine rings is 1. The topological polar surface area (TPSA) is 48.8 Å². The molecule has 2 aliphatic heterocycles. The first-order valence-electron chi connectivity index (χ1n) is 8.26. The van der Waals surface area contributed by atoms with Crippen molar-refractivity contribution in [1.29, 1.82) is 0 Å². The molecule has 0 spiro atoms. The molecule has 0 aromatic carbocycles. The molecule has 0 N–H and O–H groups in total. The van der Waals surface area contributed by atoms with Gasteiger partial charge in [-0.1, -0.05) is 0 Å². The zero-order chi connectivity index (χ0) is 16.2. The van der Waals surface area contributed by atoms with Gasteiger partial charge in [0, 0.05) is 56.0 Å². The highest BCUT2D eigenvalue weighted by Crippen LogP contribution is 2.13. The Morgan fingerprint density at radius 1 is 0.957 bits per heavy atom. The number of likely N-dealkylation sites (tertiary alicyclic amines) is 1. The number of carbonyl (C=O) groups is 1.